The van der Waals surface area contributed by atoms with E-state index in [1.807, 2.05) is 6.92 Å². The van der Waals surface area contributed by atoms with Crippen molar-refractivity contribution in [1.82, 2.24) is 4.90 Å². The molecule has 1 amide bonds. The van der Waals surface area contributed by atoms with E-state index in [2.05, 4.69) is 15.1 Å². The van der Waals surface area contributed by atoms with E-state index in [1.165, 1.54) is 12.1 Å². The summed E-state index contributed by atoms with van der Waals surface area (Å²) in [4.78, 5) is 17.0. The minimum Gasteiger partial charge on any atom is -0.493 e. The van der Waals surface area contributed by atoms with Crippen LogP contribution >= 0.6 is 0 Å². The summed E-state index contributed by atoms with van der Waals surface area (Å²) in [6.45, 7) is 5.01. The Morgan fingerprint density at radius 1 is 1.00 bits per heavy atom. The van der Waals surface area contributed by atoms with E-state index in [4.69, 9.17) is 9.47 Å². The first-order valence-corrected chi connectivity index (χ1v) is 9.29. The van der Waals surface area contributed by atoms with Gasteiger partial charge in [0.2, 0.25) is 5.91 Å². The van der Waals surface area contributed by atoms with Crippen molar-refractivity contribution in [3.05, 3.63) is 48.3 Å². The molecule has 6 nitrogen and oxygen atoms in total. The number of benzene rings is 2. The zero-order valence-electron chi connectivity index (χ0n) is 16.4. The number of anilines is 2. The fraction of sp³-hybridized carbons (Fsp3) is 0.381. The van der Waals surface area contributed by atoms with Gasteiger partial charge in [-0.15, -0.1) is 0 Å². The van der Waals surface area contributed by atoms with Crippen molar-refractivity contribution < 1.29 is 18.7 Å². The van der Waals surface area contributed by atoms with E-state index >= 15 is 0 Å². The van der Waals surface area contributed by atoms with Gasteiger partial charge in [0.05, 0.1) is 20.3 Å². The molecule has 0 aliphatic carbocycles. The van der Waals surface area contributed by atoms with Crippen molar-refractivity contribution in [2.75, 3.05) is 50.6 Å². The minimum absolute atomic E-state index is 0.0672. The lowest BCUT2D eigenvalue weighted by molar-refractivity contribution is -0.120. The highest BCUT2D eigenvalue weighted by Gasteiger charge is 2.26. The van der Waals surface area contributed by atoms with Crippen molar-refractivity contribution in [2.24, 2.45) is 0 Å². The monoisotopic (exact) mass is 387 g/mol. The largest absolute Gasteiger partial charge is 0.493 e. The molecule has 0 aromatic heterocycles. The number of nitrogens with one attached hydrogen (secondary N) is 1. The maximum Gasteiger partial charge on any atom is 0.241 e. The van der Waals surface area contributed by atoms with Crippen molar-refractivity contribution in [3.63, 3.8) is 0 Å². The van der Waals surface area contributed by atoms with Gasteiger partial charge >= 0.3 is 0 Å². The van der Waals surface area contributed by atoms with Gasteiger partial charge in [-0.05, 0) is 43.3 Å². The van der Waals surface area contributed by atoms with Crippen molar-refractivity contribution >= 4 is 17.3 Å². The summed E-state index contributed by atoms with van der Waals surface area (Å²) >= 11 is 0. The third-order valence-electron chi connectivity index (χ3n) is 5.08. The fourth-order valence-corrected chi connectivity index (χ4v) is 3.35. The molecule has 1 unspecified atom stereocenters. The number of piperazine rings is 1. The Morgan fingerprint density at radius 3 is 2.25 bits per heavy atom. The molecule has 1 N–H and O–H groups in total. The summed E-state index contributed by atoms with van der Waals surface area (Å²) in [5, 5.41) is 2.94. The number of amides is 1. The highest BCUT2D eigenvalue weighted by Crippen LogP contribution is 2.30. The second-order valence-corrected chi connectivity index (χ2v) is 6.73. The van der Waals surface area contributed by atoms with Crippen LogP contribution in [0.25, 0.3) is 0 Å². The van der Waals surface area contributed by atoms with Crippen LogP contribution in [0, 0.1) is 5.82 Å². The van der Waals surface area contributed by atoms with E-state index in [0.717, 1.165) is 31.9 Å². The van der Waals surface area contributed by atoms with Gasteiger partial charge < -0.3 is 19.7 Å². The molecular weight excluding hydrogens is 361 g/mol. The van der Waals surface area contributed by atoms with Crippen LogP contribution in [0.1, 0.15) is 6.92 Å². The summed E-state index contributed by atoms with van der Waals surface area (Å²) in [7, 11) is 3.14. The molecule has 1 saturated heterocycles. The predicted molar refractivity (Wildman–Crippen MR) is 108 cm³/mol. The lowest BCUT2D eigenvalue weighted by Crippen LogP contribution is -2.52. The second-order valence-electron chi connectivity index (χ2n) is 6.73. The molecule has 2 aromatic carbocycles. The van der Waals surface area contributed by atoms with Crippen LogP contribution in [-0.4, -0.2) is 57.2 Å². The van der Waals surface area contributed by atoms with Crippen LogP contribution in [0.5, 0.6) is 11.5 Å². The SMILES string of the molecule is COc1ccc(NC(=O)C(C)N2CCN(c3ccc(F)cc3)CC2)cc1OC. The molecule has 1 atom stereocenters. The molecule has 0 bridgehead atoms. The van der Waals surface area contributed by atoms with Crippen LogP contribution in [-0.2, 0) is 4.79 Å². The molecule has 28 heavy (non-hydrogen) atoms. The van der Waals surface area contributed by atoms with E-state index < -0.39 is 0 Å². The van der Waals surface area contributed by atoms with Gasteiger partial charge in [-0.25, -0.2) is 4.39 Å². The number of carbonyl (C=O) groups excluding carboxylic acids is 1. The molecule has 0 spiro atoms. The molecule has 1 aliphatic heterocycles. The van der Waals surface area contributed by atoms with Crippen molar-refractivity contribution in [3.8, 4) is 11.5 Å². The van der Waals surface area contributed by atoms with E-state index in [9.17, 15) is 9.18 Å². The van der Waals surface area contributed by atoms with Gasteiger partial charge in [-0.3, -0.25) is 9.69 Å². The molecule has 0 saturated carbocycles. The average molecular weight is 387 g/mol. The molecule has 1 fully saturated rings. The van der Waals surface area contributed by atoms with E-state index in [-0.39, 0.29) is 17.8 Å². The molecule has 0 radical (unpaired) electrons. The predicted octanol–water partition coefficient (Wildman–Crippen LogP) is 2.99. The Balaban J connectivity index is 1.56. The number of ether oxygens (including phenoxy) is 2. The van der Waals surface area contributed by atoms with Crippen molar-refractivity contribution in [2.45, 2.75) is 13.0 Å². The van der Waals surface area contributed by atoms with Gasteiger partial charge in [0.1, 0.15) is 5.82 Å². The summed E-state index contributed by atoms with van der Waals surface area (Å²) in [5.74, 6) is 0.886. The first-order chi connectivity index (χ1) is 13.5. The third-order valence-corrected chi connectivity index (χ3v) is 5.08. The minimum atomic E-state index is -0.261. The summed E-state index contributed by atoms with van der Waals surface area (Å²) < 4.78 is 23.6. The first-order valence-electron chi connectivity index (χ1n) is 9.29. The zero-order chi connectivity index (χ0) is 20.1. The Morgan fingerprint density at radius 2 is 1.64 bits per heavy atom. The smallest absolute Gasteiger partial charge is 0.241 e. The highest BCUT2D eigenvalue weighted by molar-refractivity contribution is 5.94. The van der Waals surface area contributed by atoms with Gasteiger partial charge in [-0.2, -0.15) is 0 Å². The Hall–Kier alpha value is -2.80. The van der Waals surface area contributed by atoms with Crippen LogP contribution in [0.3, 0.4) is 0 Å². The number of rotatable bonds is 6. The van der Waals surface area contributed by atoms with E-state index in [1.54, 1.807) is 44.6 Å². The summed E-state index contributed by atoms with van der Waals surface area (Å²) in [6, 6.07) is 11.6. The molecule has 150 valence electrons. The summed E-state index contributed by atoms with van der Waals surface area (Å²) in [6.07, 6.45) is 0. The quantitative estimate of drug-likeness (QED) is 0.826. The normalized spacial score (nSPS) is 15.8. The number of hydrogen-bond donors (Lipinski definition) is 1. The Labute approximate surface area is 164 Å². The maximum absolute atomic E-state index is 13.1. The van der Waals surface area contributed by atoms with Gasteiger partial charge in [0.15, 0.2) is 11.5 Å². The van der Waals surface area contributed by atoms with E-state index in [0.29, 0.717) is 17.2 Å². The average Bonchev–Trinajstić information content (AvgIpc) is 2.73. The highest BCUT2D eigenvalue weighted by atomic mass is 19.1. The lowest BCUT2D eigenvalue weighted by atomic mass is 10.2. The molecular formula is C21H26FN3O3. The first kappa shape index (κ1) is 19.9. The number of nitrogens with zero attached hydrogens (tertiary/aromatic N) is 2. The van der Waals surface area contributed by atoms with Gasteiger partial charge in [-0.1, -0.05) is 0 Å². The lowest BCUT2D eigenvalue weighted by Gasteiger charge is -2.38. The molecule has 3 rings (SSSR count). The third kappa shape index (κ3) is 4.54. The number of halogens is 1. The molecule has 7 heteroatoms. The number of hydrogen-bond acceptors (Lipinski definition) is 5. The standard InChI is InChI=1S/C21H26FN3O3/c1-15(21(26)23-17-6-9-19(27-2)20(14-17)28-3)24-10-12-25(13-11-24)18-7-4-16(22)5-8-18/h4-9,14-15H,10-13H2,1-3H3,(H,23,26). The number of carbonyl (C=O) groups is 1. The van der Waals surface area contributed by atoms with Crippen LogP contribution in [0.15, 0.2) is 42.5 Å². The van der Waals surface area contributed by atoms with Crippen LogP contribution in [0.4, 0.5) is 15.8 Å². The molecule has 1 heterocycles. The van der Waals surface area contributed by atoms with Gasteiger partial charge in [0, 0.05) is 43.6 Å². The summed E-state index contributed by atoms with van der Waals surface area (Å²) in [5.41, 5.74) is 1.67. The fourth-order valence-electron chi connectivity index (χ4n) is 3.35. The number of methoxy groups -OCH3 is 2. The molecule has 2 aromatic rings. The van der Waals surface area contributed by atoms with Crippen LogP contribution in [0.2, 0.25) is 0 Å². The van der Waals surface area contributed by atoms with Crippen LogP contribution < -0.4 is 19.7 Å². The van der Waals surface area contributed by atoms with Gasteiger partial charge in [0.25, 0.3) is 0 Å². The van der Waals surface area contributed by atoms with Crippen molar-refractivity contribution in [1.29, 1.82) is 0 Å². The molecule has 1 aliphatic rings. The Kier molecular flexibility index (Phi) is 6.36. The maximum atomic E-state index is 13.1. The second kappa shape index (κ2) is 8.93. The topological polar surface area (TPSA) is 54.0 Å². The zero-order valence-corrected chi connectivity index (χ0v) is 16.4. The Bertz CT molecular complexity index is 805.